The maximum Gasteiger partial charge on any atom is 0.259 e. The average Bonchev–Trinajstić information content (AvgIpc) is 2.70. The zero-order chi connectivity index (χ0) is 19.5. The summed E-state index contributed by atoms with van der Waals surface area (Å²) in [5.74, 6) is 0.540. The third-order valence-corrected chi connectivity index (χ3v) is 4.72. The van der Waals surface area contributed by atoms with E-state index in [1.165, 1.54) is 5.56 Å². The third-order valence-electron chi connectivity index (χ3n) is 4.72. The van der Waals surface area contributed by atoms with Gasteiger partial charge in [-0.05, 0) is 60.7 Å². The van der Waals surface area contributed by atoms with Crippen LogP contribution in [-0.2, 0) is 6.42 Å². The van der Waals surface area contributed by atoms with Gasteiger partial charge in [-0.15, -0.1) is 0 Å². The molecule has 0 bridgehead atoms. The SMILES string of the molecule is CCCc1ccc(Nc2nc(-c3ccc(C)nc3)cc3cc[nH]c(=O)c23)cc1. The molecule has 0 radical (unpaired) electrons. The van der Waals surface area contributed by atoms with E-state index in [1.54, 1.807) is 12.4 Å². The van der Waals surface area contributed by atoms with Gasteiger partial charge >= 0.3 is 0 Å². The molecule has 0 fully saturated rings. The summed E-state index contributed by atoms with van der Waals surface area (Å²) < 4.78 is 0. The largest absolute Gasteiger partial charge is 0.340 e. The number of aromatic nitrogens is 3. The number of H-pyrrole nitrogens is 1. The topological polar surface area (TPSA) is 70.7 Å². The minimum atomic E-state index is -0.163. The van der Waals surface area contributed by atoms with Crippen LogP contribution in [0.5, 0.6) is 0 Å². The van der Waals surface area contributed by atoms with Gasteiger partial charge < -0.3 is 10.3 Å². The molecular formula is C23H22N4O. The first-order valence-corrected chi connectivity index (χ1v) is 9.45. The fourth-order valence-corrected chi connectivity index (χ4v) is 3.25. The van der Waals surface area contributed by atoms with Crippen molar-refractivity contribution in [2.24, 2.45) is 0 Å². The first-order chi connectivity index (χ1) is 13.6. The Morgan fingerprint density at radius 1 is 1.07 bits per heavy atom. The lowest BCUT2D eigenvalue weighted by Gasteiger charge is -2.12. The number of rotatable bonds is 5. The second-order valence-electron chi connectivity index (χ2n) is 6.89. The highest BCUT2D eigenvalue weighted by Crippen LogP contribution is 2.27. The number of anilines is 2. The molecule has 28 heavy (non-hydrogen) atoms. The second kappa shape index (κ2) is 7.64. The highest BCUT2D eigenvalue weighted by molar-refractivity contribution is 5.95. The molecule has 0 aliphatic rings. The van der Waals surface area contributed by atoms with Gasteiger partial charge in [-0.25, -0.2) is 4.98 Å². The fraction of sp³-hybridized carbons (Fsp3) is 0.174. The molecule has 0 amide bonds. The minimum absolute atomic E-state index is 0.163. The highest BCUT2D eigenvalue weighted by atomic mass is 16.1. The maximum absolute atomic E-state index is 12.5. The van der Waals surface area contributed by atoms with Gasteiger partial charge in [0.25, 0.3) is 5.56 Å². The van der Waals surface area contributed by atoms with Crippen LogP contribution < -0.4 is 10.9 Å². The summed E-state index contributed by atoms with van der Waals surface area (Å²) in [7, 11) is 0. The molecule has 4 aromatic rings. The molecule has 0 unspecified atom stereocenters. The molecule has 0 atom stereocenters. The molecule has 5 heteroatoms. The summed E-state index contributed by atoms with van der Waals surface area (Å²) in [6.45, 7) is 4.12. The van der Waals surface area contributed by atoms with Crippen LogP contribution in [0.15, 0.2) is 65.7 Å². The Bertz CT molecular complexity index is 1160. The molecule has 0 aliphatic heterocycles. The normalized spacial score (nSPS) is 10.9. The molecular weight excluding hydrogens is 348 g/mol. The molecule has 3 heterocycles. The van der Waals surface area contributed by atoms with Gasteiger partial charge in [0.05, 0.1) is 11.1 Å². The summed E-state index contributed by atoms with van der Waals surface area (Å²) in [4.78, 5) is 24.3. The van der Waals surface area contributed by atoms with Crippen LogP contribution in [-0.4, -0.2) is 15.0 Å². The van der Waals surface area contributed by atoms with E-state index < -0.39 is 0 Å². The molecule has 140 valence electrons. The second-order valence-corrected chi connectivity index (χ2v) is 6.89. The molecule has 1 aromatic carbocycles. The maximum atomic E-state index is 12.5. The van der Waals surface area contributed by atoms with E-state index in [9.17, 15) is 4.79 Å². The fourth-order valence-electron chi connectivity index (χ4n) is 3.25. The van der Waals surface area contributed by atoms with Gasteiger partial charge in [0, 0.05) is 29.3 Å². The molecule has 0 aliphatic carbocycles. The lowest BCUT2D eigenvalue weighted by molar-refractivity contribution is 0.922. The molecule has 0 saturated carbocycles. The number of benzene rings is 1. The van der Waals surface area contributed by atoms with Gasteiger partial charge in [-0.2, -0.15) is 0 Å². The van der Waals surface area contributed by atoms with E-state index in [4.69, 9.17) is 4.98 Å². The van der Waals surface area contributed by atoms with E-state index in [2.05, 4.69) is 34.3 Å². The number of hydrogen-bond acceptors (Lipinski definition) is 4. The van der Waals surface area contributed by atoms with E-state index in [1.807, 2.05) is 43.3 Å². The first kappa shape index (κ1) is 17.9. The van der Waals surface area contributed by atoms with Crippen LogP contribution in [0.4, 0.5) is 11.5 Å². The van der Waals surface area contributed by atoms with Gasteiger partial charge in [-0.3, -0.25) is 9.78 Å². The number of aromatic amines is 1. The molecule has 0 saturated heterocycles. The van der Waals surface area contributed by atoms with Crippen LogP contribution >= 0.6 is 0 Å². The molecule has 5 nitrogen and oxygen atoms in total. The van der Waals surface area contributed by atoms with Gasteiger partial charge in [0.15, 0.2) is 0 Å². The molecule has 2 N–H and O–H groups in total. The Morgan fingerprint density at radius 3 is 2.61 bits per heavy atom. The standard InChI is InChI=1S/C23H22N4O/c1-3-4-16-6-9-19(10-7-16)26-22-21-17(11-12-24-23(21)28)13-20(27-22)18-8-5-15(2)25-14-18/h5-14H,3-4H2,1-2H3,(H,24,28)(H,26,27). The lowest BCUT2D eigenvalue weighted by Crippen LogP contribution is -2.09. The van der Waals surface area contributed by atoms with Crippen LogP contribution in [0.2, 0.25) is 0 Å². The third kappa shape index (κ3) is 3.64. The van der Waals surface area contributed by atoms with Crippen molar-refractivity contribution < 1.29 is 0 Å². The van der Waals surface area contributed by atoms with Gasteiger partial charge in [0.2, 0.25) is 0 Å². The summed E-state index contributed by atoms with van der Waals surface area (Å²) in [6, 6.07) is 16.0. The Kier molecular flexibility index (Phi) is 4.89. The minimum Gasteiger partial charge on any atom is -0.340 e. The Balaban J connectivity index is 1.81. The summed E-state index contributed by atoms with van der Waals surface area (Å²) in [5, 5.41) is 4.71. The van der Waals surface area contributed by atoms with E-state index in [0.717, 1.165) is 40.9 Å². The van der Waals surface area contributed by atoms with Crippen LogP contribution in [0, 0.1) is 6.92 Å². The van der Waals surface area contributed by atoms with Crippen molar-refractivity contribution in [2.45, 2.75) is 26.7 Å². The molecule has 3 aromatic heterocycles. The van der Waals surface area contributed by atoms with Crippen molar-refractivity contribution >= 4 is 22.3 Å². The van der Waals surface area contributed by atoms with Gasteiger partial charge in [0.1, 0.15) is 5.82 Å². The van der Waals surface area contributed by atoms with E-state index in [-0.39, 0.29) is 5.56 Å². The zero-order valence-electron chi connectivity index (χ0n) is 16.0. The Morgan fingerprint density at radius 2 is 1.89 bits per heavy atom. The summed E-state index contributed by atoms with van der Waals surface area (Å²) in [5.41, 5.74) is 4.67. The predicted molar refractivity (Wildman–Crippen MR) is 114 cm³/mol. The van der Waals surface area contributed by atoms with E-state index in [0.29, 0.717) is 11.2 Å². The van der Waals surface area contributed by atoms with Crippen LogP contribution in [0.25, 0.3) is 22.0 Å². The number of aryl methyl sites for hydroxylation is 2. The average molecular weight is 370 g/mol. The Labute approximate surface area is 163 Å². The number of nitrogens with zero attached hydrogens (tertiary/aromatic N) is 2. The summed E-state index contributed by atoms with van der Waals surface area (Å²) >= 11 is 0. The first-order valence-electron chi connectivity index (χ1n) is 9.45. The van der Waals surface area contributed by atoms with Gasteiger partial charge in [-0.1, -0.05) is 25.5 Å². The quantitative estimate of drug-likeness (QED) is 0.519. The Hall–Kier alpha value is -3.47. The molecule has 4 rings (SSSR count). The molecule has 0 spiro atoms. The lowest BCUT2D eigenvalue weighted by atomic mass is 10.1. The smallest absolute Gasteiger partial charge is 0.259 e. The number of fused-ring (bicyclic) bond motifs is 1. The van der Waals surface area contributed by atoms with Crippen molar-refractivity contribution in [1.29, 1.82) is 0 Å². The van der Waals surface area contributed by atoms with Crippen molar-refractivity contribution in [1.82, 2.24) is 15.0 Å². The van der Waals surface area contributed by atoms with E-state index >= 15 is 0 Å². The monoisotopic (exact) mass is 370 g/mol. The number of hydrogen-bond donors (Lipinski definition) is 2. The van der Waals surface area contributed by atoms with Crippen LogP contribution in [0.3, 0.4) is 0 Å². The predicted octanol–water partition coefficient (Wildman–Crippen LogP) is 4.99. The van der Waals surface area contributed by atoms with Crippen molar-refractivity contribution in [3.63, 3.8) is 0 Å². The highest BCUT2D eigenvalue weighted by Gasteiger charge is 2.11. The van der Waals surface area contributed by atoms with Crippen molar-refractivity contribution in [2.75, 3.05) is 5.32 Å². The number of nitrogens with one attached hydrogen (secondary N) is 2. The van der Waals surface area contributed by atoms with Crippen molar-refractivity contribution in [3.8, 4) is 11.3 Å². The van der Waals surface area contributed by atoms with Crippen molar-refractivity contribution in [3.05, 3.63) is 82.5 Å². The van der Waals surface area contributed by atoms with Crippen LogP contribution in [0.1, 0.15) is 24.6 Å². The zero-order valence-corrected chi connectivity index (χ0v) is 16.0. The number of pyridine rings is 3. The summed E-state index contributed by atoms with van der Waals surface area (Å²) in [6.07, 6.45) is 5.63.